The summed E-state index contributed by atoms with van der Waals surface area (Å²) in [4.78, 5) is 19.8. The van der Waals surface area contributed by atoms with Crippen LogP contribution < -0.4 is 10.2 Å². The van der Waals surface area contributed by atoms with E-state index in [-0.39, 0.29) is 5.91 Å². The van der Waals surface area contributed by atoms with Crippen LogP contribution in [-0.4, -0.2) is 78.3 Å². The summed E-state index contributed by atoms with van der Waals surface area (Å²) in [5.41, 5.74) is 5.98. The standard InChI is InChI=1S/C26H32N4O2/c31-24(16-28-9-7-18-3-1-2-4-20(18)14-28)17-29-10-8-19-11-22(5-6-25(19)26(29)32)30-15-21-12-23(30)13-27-21/h1-6,11,21,23-24,27,31H,7-10,12-17H2. The number of amides is 1. The second kappa shape index (κ2) is 8.18. The Balaban J connectivity index is 1.08. The van der Waals surface area contributed by atoms with Crippen molar-refractivity contribution in [2.24, 2.45) is 0 Å². The van der Waals surface area contributed by atoms with Crippen LogP contribution in [0.2, 0.25) is 0 Å². The van der Waals surface area contributed by atoms with Crippen molar-refractivity contribution < 1.29 is 9.90 Å². The quantitative estimate of drug-likeness (QED) is 0.753. The average Bonchev–Trinajstić information content (AvgIpc) is 3.45. The van der Waals surface area contributed by atoms with Crippen LogP contribution in [0.4, 0.5) is 5.69 Å². The van der Waals surface area contributed by atoms with Gasteiger partial charge in [0.1, 0.15) is 0 Å². The molecule has 32 heavy (non-hydrogen) atoms. The zero-order chi connectivity index (χ0) is 21.7. The molecule has 4 heterocycles. The molecule has 168 valence electrons. The number of rotatable bonds is 5. The van der Waals surface area contributed by atoms with E-state index in [2.05, 4.69) is 51.5 Å². The van der Waals surface area contributed by atoms with E-state index in [1.807, 2.05) is 11.0 Å². The fourth-order valence-corrected chi connectivity index (χ4v) is 6.07. The summed E-state index contributed by atoms with van der Waals surface area (Å²) in [5, 5.41) is 14.3. The van der Waals surface area contributed by atoms with E-state index in [4.69, 9.17) is 0 Å². The molecule has 2 saturated heterocycles. The molecule has 0 aromatic heterocycles. The van der Waals surface area contributed by atoms with Crippen LogP contribution in [0.25, 0.3) is 0 Å². The van der Waals surface area contributed by atoms with Crippen molar-refractivity contribution in [3.05, 3.63) is 64.7 Å². The molecule has 6 rings (SSSR count). The number of piperazine rings is 1. The molecule has 3 atom stereocenters. The molecule has 0 aliphatic carbocycles. The van der Waals surface area contributed by atoms with Gasteiger partial charge in [-0.05, 0) is 54.2 Å². The van der Waals surface area contributed by atoms with Gasteiger partial charge in [-0.1, -0.05) is 24.3 Å². The van der Waals surface area contributed by atoms with Crippen molar-refractivity contribution in [2.75, 3.05) is 44.2 Å². The predicted molar refractivity (Wildman–Crippen MR) is 125 cm³/mol. The van der Waals surface area contributed by atoms with Crippen molar-refractivity contribution in [1.82, 2.24) is 15.1 Å². The number of aliphatic hydroxyl groups excluding tert-OH is 1. The summed E-state index contributed by atoms with van der Waals surface area (Å²) in [5.74, 6) is 0.0606. The lowest BCUT2D eigenvalue weighted by molar-refractivity contribution is 0.0493. The first-order valence-corrected chi connectivity index (χ1v) is 12.0. The number of anilines is 1. The maximum atomic E-state index is 13.1. The minimum Gasteiger partial charge on any atom is -0.390 e. The van der Waals surface area contributed by atoms with Crippen LogP contribution in [0.15, 0.2) is 42.5 Å². The van der Waals surface area contributed by atoms with Crippen molar-refractivity contribution in [1.29, 1.82) is 0 Å². The van der Waals surface area contributed by atoms with E-state index in [0.717, 1.165) is 50.1 Å². The normalized spacial score (nSPS) is 25.7. The Labute approximate surface area is 189 Å². The smallest absolute Gasteiger partial charge is 0.254 e. The minimum atomic E-state index is -0.530. The molecular formula is C26H32N4O2. The number of carbonyl (C=O) groups excluding carboxylic acids is 1. The van der Waals surface area contributed by atoms with Gasteiger partial charge in [0.05, 0.1) is 6.10 Å². The zero-order valence-electron chi connectivity index (χ0n) is 18.5. The fraction of sp³-hybridized carbons (Fsp3) is 0.500. The van der Waals surface area contributed by atoms with Gasteiger partial charge in [0.15, 0.2) is 0 Å². The summed E-state index contributed by atoms with van der Waals surface area (Å²) in [6, 6.07) is 16.1. The number of β-amino-alcohol motifs (C(OH)–C–C–N with tert-alkyl or cyclic N) is 1. The largest absolute Gasteiger partial charge is 0.390 e. The molecular weight excluding hydrogens is 400 g/mol. The first-order valence-electron chi connectivity index (χ1n) is 12.0. The van der Waals surface area contributed by atoms with E-state index >= 15 is 0 Å². The lowest BCUT2D eigenvalue weighted by Gasteiger charge is -2.35. The van der Waals surface area contributed by atoms with Gasteiger partial charge < -0.3 is 20.2 Å². The lowest BCUT2D eigenvalue weighted by Crippen LogP contribution is -2.46. The predicted octanol–water partition coefficient (Wildman–Crippen LogP) is 1.65. The Bertz CT molecular complexity index is 1020. The second-order valence-corrected chi connectivity index (χ2v) is 9.90. The van der Waals surface area contributed by atoms with Gasteiger partial charge in [-0.25, -0.2) is 0 Å². The maximum absolute atomic E-state index is 13.1. The SMILES string of the molecule is O=C1c2ccc(N3CC4CC3CN4)cc2CCN1CC(O)CN1CCc2ccccc2C1. The van der Waals surface area contributed by atoms with Gasteiger partial charge in [0, 0.05) is 69.1 Å². The molecule has 3 unspecified atom stereocenters. The van der Waals surface area contributed by atoms with Crippen LogP contribution in [0, 0.1) is 0 Å². The highest BCUT2D eigenvalue weighted by Crippen LogP contribution is 2.32. The lowest BCUT2D eigenvalue weighted by atomic mass is 9.97. The van der Waals surface area contributed by atoms with Crippen molar-refractivity contribution in [3.63, 3.8) is 0 Å². The van der Waals surface area contributed by atoms with Crippen LogP contribution in [0.5, 0.6) is 0 Å². The third kappa shape index (κ3) is 3.70. The molecule has 2 fully saturated rings. The first kappa shape index (κ1) is 20.2. The monoisotopic (exact) mass is 432 g/mol. The molecule has 0 spiro atoms. The zero-order valence-corrected chi connectivity index (χ0v) is 18.5. The van der Waals surface area contributed by atoms with Gasteiger partial charge >= 0.3 is 0 Å². The Morgan fingerprint density at radius 1 is 1.03 bits per heavy atom. The molecule has 2 aromatic rings. The van der Waals surface area contributed by atoms with Crippen molar-refractivity contribution in [2.45, 2.75) is 44.0 Å². The third-order valence-corrected chi connectivity index (χ3v) is 7.76. The van der Waals surface area contributed by atoms with E-state index < -0.39 is 6.10 Å². The fourth-order valence-electron chi connectivity index (χ4n) is 6.07. The van der Waals surface area contributed by atoms with Crippen molar-refractivity contribution in [3.8, 4) is 0 Å². The Morgan fingerprint density at radius 2 is 1.88 bits per heavy atom. The number of nitrogens with one attached hydrogen (secondary N) is 1. The number of hydrogen-bond donors (Lipinski definition) is 2. The molecule has 6 nitrogen and oxygen atoms in total. The highest BCUT2D eigenvalue weighted by molar-refractivity contribution is 5.97. The van der Waals surface area contributed by atoms with Crippen LogP contribution >= 0.6 is 0 Å². The first-order chi connectivity index (χ1) is 15.6. The van der Waals surface area contributed by atoms with Crippen LogP contribution in [0.1, 0.15) is 33.5 Å². The molecule has 0 radical (unpaired) electrons. The van der Waals surface area contributed by atoms with E-state index in [1.165, 1.54) is 23.2 Å². The minimum absolute atomic E-state index is 0.0606. The topological polar surface area (TPSA) is 59.1 Å². The molecule has 4 aliphatic rings. The summed E-state index contributed by atoms with van der Waals surface area (Å²) in [6.45, 7) is 5.66. The van der Waals surface area contributed by atoms with Gasteiger partial charge in [-0.3, -0.25) is 9.69 Å². The molecule has 1 amide bonds. The van der Waals surface area contributed by atoms with Gasteiger partial charge in [0.25, 0.3) is 5.91 Å². The Hall–Kier alpha value is -2.41. The number of nitrogens with zero attached hydrogens (tertiary/aromatic N) is 3. The molecule has 0 saturated carbocycles. The van der Waals surface area contributed by atoms with Crippen molar-refractivity contribution >= 4 is 11.6 Å². The molecule has 4 aliphatic heterocycles. The summed E-state index contributed by atoms with van der Waals surface area (Å²) < 4.78 is 0. The Kier molecular flexibility index (Phi) is 5.17. The number of carbonyl (C=O) groups is 1. The number of fused-ring (bicyclic) bond motifs is 4. The average molecular weight is 433 g/mol. The maximum Gasteiger partial charge on any atom is 0.254 e. The molecule has 6 heteroatoms. The van der Waals surface area contributed by atoms with E-state index in [9.17, 15) is 9.90 Å². The molecule has 2 bridgehead atoms. The van der Waals surface area contributed by atoms with E-state index in [0.29, 0.717) is 31.7 Å². The Morgan fingerprint density at radius 3 is 2.69 bits per heavy atom. The van der Waals surface area contributed by atoms with Gasteiger partial charge in [0.2, 0.25) is 0 Å². The summed E-state index contributed by atoms with van der Waals surface area (Å²) in [6.07, 6.45) is 2.58. The van der Waals surface area contributed by atoms with Gasteiger partial charge in [-0.15, -0.1) is 0 Å². The highest BCUT2D eigenvalue weighted by Gasteiger charge is 2.38. The molecule has 2 aromatic carbocycles. The van der Waals surface area contributed by atoms with Gasteiger partial charge in [-0.2, -0.15) is 0 Å². The summed E-state index contributed by atoms with van der Waals surface area (Å²) >= 11 is 0. The van der Waals surface area contributed by atoms with Crippen LogP contribution in [0.3, 0.4) is 0 Å². The van der Waals surface area contributed by atoms with E-state index in [1.54, 1.807) is 0 Å². The second-order valence-electron chi connectivity index (χ2n) is 9.90. The number of aliphatic hydroxyl groups is 1. The summed E-state index contributed by atoms with van der Waals surface area (Å²) in [7, 11) is 0. The number of hydrogen-bond acceptors (Lipinski definition) is 5. The molecule has 2 N–H and O–H groups in total. The van der Waals surface area contributed by atoms with Crippen LogP contribution in [-0.2, 0) is 19.4 Å². The highest BCUT2D eigenvalue weighted by atomic mass is 16.3. The third-order valence-electron chi connectivity index (χ3n) is 7.76. The number of benzene rings is 2.